The molecule has 122 valence electrons. The van der Waals surface area contributed by atoms with Crippen LogP contribution < -0.4 is 10.9 Å². The number of hydrogen-bond donors (Lipinski definition) is 2. The van der Waals surface area contributed by atoms with Gasteiger partial charge in [-0.05, 0) is 18.9 Å². The highest BCUT2D eigenvalue weighted by Gasteiger charge is 2.20. The number of carboxylic acid groups (broad SMARTS) is 1. The molecule has 0 aliphatic carbocycles. The summed E-state index contributed by atoms with van der Waals surface area (Å²) in [6.45, 7) is 5.62. The average molecular weight is 317 g/mol. The number of carbonyl (C=O) groups is 2. The van der Waals surface area contributed by atoms with Crippen molar-refractivity contribution in [3.63, 3.8) is 0 Å². The van der Waals surface area contributed by atoms with Crippen molar-refractivity contribution in [2.24, 2.45) is 5.92 Å². The molecule has 1 aromatic carbocycles. The van der Waals surface area contributed by atoms with Crippen LogP contribution in [0.15, 0.2) is 29.1 Å². The maximum Gasteiger partial charge on any atom is 0.325 e. The molecule has 2 aromatic rings. The summed E-state index contributed by atoms with van der Waals surface area (Å²) in [5.41, 5.74) is -0.217. The van der Waals surface area contributed by atoms with E-state index in [0.717, 1.165) is 0 Å². The van der Waals surface area contributed by atoms with Crippen LogP contribution in [0.5, 0.6) is 0 Å². The third kappa shape index (κ3) is 3.56. The summed E-state index contributed by atoms with van der Waals surface area (Å²) in [5.74, 6) is -1.58. The van der Waals surface area contributed by atoms with Crippen molar-refractivity contribution in [2.45, 2.75) is 33.4 Å². The lowest BCUT2D eigenvalue weighted by Gasteiger charge is -2.14. The first-order valence-electron chi connectivity index (χ1n) is 7.34. The van der Waals surface area contributed by atoms with Gasteiger partial charge in [-0.15, -0.1) is 0 Å². The smallest absolute Gasteiger partial charge is 0.325 e. The number of benzene rings is 1. The van der Waals surface area contributed by atoms with Crippen LogP contribution in [-0.4, -0.2) is 32.8 Å². The van der Waals surface area contributed by atoms with Crippen LogP contribution in [0.4, 0.5) is 0 Å². The van der Waals surface area contributed by atoms with E-state index < -0.39 is 17.9 Å². The number of carbonyl (C=O) groups excluding carboxylic acids is 1. The minimum Gasteiger partial charge on any atom is -0.480 e. The molecule has 1 atom stereocenters. The van der Waals surface area contributed by atoms with Crippen LogP contribution in [0, 0.1) is 5.92 Å². The lowest BCUT2D eigenvalue weighted by molar-refractivity contribution is -0.138. The summed E-state index contributed by atoms with van der Waals surface area (Å²) >= 11 is 0. The number of amides is 1. The highest BCUT2D eigenvalue weighted by atomic mass is 16.4. The van der Waals surface area contributed by atoms with Gasteiger partial charge >= 0.3 is 5.97 Å². The summed E-state index contributed by atoms with van der Waals surface area (Å²) in [4.78, 5) is 35.7. The average Bonchev–Trinajstić information content (AvgIpc) is 2.49. The number of fused-ring (bicyclic) bond motifs is 1. The zero-order valence-corrected chi connectivity index (χ0v) is 13.2. The molecule has 1 aromatic heterocycles. The Morgan fingerprint density at radius 3 is 2.39 bits per heavy atom. The van der Waals surface area contributed by atoms with Crippen molar-refractivity contribution in [3.8, 4) is 0 Å². The fraction of sp³-hybridized carbons (Fsp3) is 0.375. The van der Waals surface area contributed by atoms with Gasteiger partial charge in [-0.3, -0.25) is 14.4 Å². The van der Waals surface area contributed by atoms with E-state index in [1.54, 1.807) is 24.3 Å². The van der Waals surface area contributed by atoms with E-state index in [1.165, 1.54) is 11.6 Å². The van der Waals surface area contributed by atoms with E-state index in [1.807, 2.05) is 13.8 Å². The fourth-order valence-electron chi connectivity index (χ4n) is 2.20. The number of carboxylic acids is 1. The van der Waals surface area contributed by atoms with Crippen LogP contribution in [0.2, 0.25) is 0 Å². The molecule has 0 saturated carbocycles. The molecule has 2 rings (SSSR count). The first kappa shape index (κ1) is 16.7. The SMILES string of the molecule is CC(C)Cn1nc(C(=O)N[C@H](C)C(=O)O)c2ccccc2c1=O. The maximum atomic E-state index is 12.4. The van der Waals surface area contributed by atoms with Gasteiger partial charge in [0.05, 0.1) is 5.39 Å². The van der Waals surface area contributed by atoms with Crippen LogP contribution >= 0.6 is 0 Å². The molecule has 0 fully saturated rings. The number of nitrogens with one attached hydrogen (secondary N) is 1. The standard InChI is InChI=1S/C16H19N3O4/c1-9(2)8-19-15(21)12-7-5-4-6-11(12)13(18-19)14(20)17-10(3)16(22)23/h4-7,9-10H,8H2,1-3H3,(H,17,20)(H,22,23)/t10-/m1/s1. The van der Waals surface area contributed by atoms with Gasteiger partial charge in [-0.2, -0.15) is 5.10 Å². The van der Waals surface area contributed by atoms with Gasteiger partial charge in [0.25, 0.3) is 11.5 Å². The Morgan fingerprint density at radius 1 is 1.22 bits per heavy atom. The first-order chi connectivity index (χ1) is 10.8. The minimum absolute atomic E-state index is 0.0500. The van der Waals surface area contributed by atoms with E-state index in [9.17, 15) is 14.4 Å². The molecule has 0 aliphatic heterocycles. The second-order valence-electron chi connectivity index (χ2n) is 5.81. The highest BCUT2D eigenvalue weighted by molar-refractivity contribution is 6.05. The Bertz CT molecular complexity index is 811. The van der Waals surface area contributed by atoms with Gasteiger partial charge in [0.2, 0.25) is 0 Å². The van der Waals surface area contributed by atoms with E-state index in [0.29, 0.717) is 17.3 Å². The van der Waals surface area contributed by atoms with Gasteiger partial charge < -0.3 is 10.4 Å². The predicted octanol–water partition coefficient (Wildman–Crippen LogP) is 1.26. The van der Waals surface area contributed by atoms with Crippen molar-refractivity contribution in [3.05, 3.63) is 40.3 Å². The summed E-state index contributed by atoms with van der Waals surface area (Å²) in [5, 5.41) is 16.2. The first-order valence-corrected chi connectivity index (χ1v) is 7.34. The second-order valence-corrected chi connectivity index (χ2v) is 5.81. The number of hydrogen-bond acceptors (Lipinski definition) is 4. The van der Waals surface area contributed by atoms with Gasteiger partial charge in [0, 0.05) is 11.9 Å². The summed E-state index contributed by atoms with van der Waals surface area (Å²) in [6, 6.07) is 5.63. The molecule has 2 N–H and O–H groups in total. The molecule has 1 heterocycles. The Hall–Kier alpha value is -2.70. The van der Waals surface area contributed by atoms with Crippen molar-refractivity contribution in [1.29, 1.82) is 0 Å². The van der Waals surface area contributed by atoms with E-state index in [2.05, 4.69) is 10.4 Å². The number of aromatic nitrogens is 2. The van der Waals surface area contributed by atoms with Gasteiger partial charge in [-0.1, -0.05) is 32.0 Å². The molecular formula is C16H19N3O4. The van der Waals surface area contributed by atoms with Crippen molar-refractivity contribution in [1.82, 2.24) is 15.1 Å². The molecule has 0 saturated heterocycles. The van der Waals surface area contributed by atoms with Gasteiger partial charge in [0.1, 0.15) is 6.04 Å². The third-order valence-electron chi connectivity index (χ3n) is 3.34. The number of rotatable bonds is 5. The van der Waals surface area contributed by atoms with Gasteiger partial charge in [0.15, 0.2) is 5.69 Å². The Morgan fingerprint density at radius 2 is 1.83 bits per heavy atom. The van der Waals surface area contributed by atoms with Crippen molar-refractivity contribution >= 4 is 22.6 Å². The van der Waals surface area contributed by atoms with E-state index in [-0.39, 0.29) is 17.2 Å². The van der Waals surface area contributed by atoms with Crippen LogP contribution in [0.3, 0.4) is 0 Å². The van der Waals surface area contributed by atoms with Crippen molar-refractivity contribution < 1.29 is 14.7 Å². The van der Waals surface area contributed by atoms with Crippen LogP contribution in [-0.2, 0) is 11.3 Å². The molecule has 23 heavy (non-hydrogen) atoms. The third-order valence-corrected chi connectivity index (χ3v) is 3.34. The summed E-state index contributed by atoms with van der Waals surface area (Å²) in [6.07, 6.45) is 0. The lowest BCUT2D eigenvalue weighted by Crippen LogP contribution is -2.40. The Kier molecular flexibility index (Phi) is 4.78. The van der Waals surface area contributed by atoms with Gasteiger partial charge in [-0.25, -0.2) is 4.68 Å². The largest absolute Gasteiger partial charge is 0.480 e. The Labute approximate surface area is 132 Å². The molecule has 0 bridgehead atoms. The van der Waals surface area contributed by atoms with E-state index in [4.69, 9.17) is 5.11 Å². The molecule has 0 unspecified atom stereocenters. The molecule has 0 aliphatic rings. The Balaban J connectivity index is 2.57. The maximum absolute atomic E-state index is 12.4. The summed E-state index contributed by atoms with van der Waals surface area (Å²) in [7, 11) is 0. The molecular weight excluding hydrogens is 298 g/mol. The molecule has 7 heteroatoms. The second kappa shape index (κ2) is 6.60. The molecule has 0 radical (unpaired) electrons. The molecule has 1 amide bonds. The number of nitrogens with zero attached hydrogens (tertiary/aromatic N) is 2. The topological polar surface area (TPSA) is 101 Å². The minimum atomic E-state index is -1.14. The quantitative estimate of drug-likeness (QED) is 0.864. The number of aliphatic carboxylic acids is 1. The zero-order valence-electron chi connectivity index (χ0n) is 13.2. The van der Waals surface area contributed by atoms with Crippen LogP contribution in [0.25, 0.3) is 10.8 Å². The molecule has 0 spiro atoms. The lowest BCUT2D eigenvalue weighted by atomic mass is 10.1. The fourth-order valence-corrected chi connectivity index (χ4v) is 2.20. The highest BCUT2D eigenvalue weighted by Crippen LogP contribution is 2.14. The normalized spacial score (nSPS) is 12.3. The molecule has 7 nitrogen and oxygen atoms in total. The van der Waals surface area contributed by atoms with Crippen molar-refractivity contribution in [2.75, 3.05) is 0 Å². The monoisotopic (exact) mass is 317 g/mol. The van der Waals surface area contributed by atoms with E-state index >= 15 is 0 Å². The van der Waals surface area contributed by atoms with Crippen LogP contribution in [0.1, 0.15) is 31.3 Å². The predicted molar refractivity (Wildman–Crippen MR) is 85.4 cm³/mol. The summed E-state index contributed by atoms with van der Waals surface area (Å²) < 4.78 is 1.26. The zero-order chi connectivity index (χ0) is 17.1.